The summed E-state index contributed by atoms with van der Waals surface area (Å²) in [6, 6.07) is 0. The van der Waals surface area contributed by atoms with E-state index >= 15 is 0 Å². The van der Waals surface area contributed by atoms with E-state index in [1.165, 1.54) is 0 Å². The van der Waals surface area contributed by atoms with Gasteiger partial charge in [0.2, 0.25) is 0 Å². The van der Waals surface area contributed by atoms with Crippen LogP contribution in [-0.2, 0) is 4.74 Å². The third-order valence-corrected chi connectivity index (χ3v) is 1.76. The van der Waals surface area contributed by atoms with Gasteiger partial charge in [0.15, 0.2) is 0 Å². The van der Waals surface area contributed by atoms with Crippen molar-refractivity contribution in [1.29, 1.82) is 0 Å². The Morgan fingerprint density at radius 3 is 2.83 bits per heavy atom. The molecule has 0 saturated heterocycles. The highest BCUT2D eigenvalue weighted by Crippen LogP contribution is 1.91. The molecule has 0 bridgehead atoms. The molecule has 0 aliphatic rings. The fourth-order valence-corrected chi connectivity index (χ4v) is 0.866. The molecular formula is C10H19NO. The molecule has 0 aromatic rings. The van der Waals surface area contributed by atoms with Crippen LogP contribution in [0.1, 0.15) is 26.2 Å². The average molecular weight is 169 g/mol. The molecule has 0 aliphatic carbocycles. The van der Waals surface area contributed by atoms with Crippen LogP contribution in [0.3, 0.4) is 0 Å². The van der Waals surface area contributed by atoms with E-state index in [0.717, 1.165) is 32.4 Å². The van der Waals surface area contributed by atoms with Gasteiger partial charge in [-0.15, -0.1) is 12.3 Å². The molecule has 2 heteroatoms. The lowest BCUT2D eigenvalue weighted by molar-refractivity contribution is 0.117. The van der Waals surface area contributed by atoms with Crippen LogP contribution in [0.4, 0.5) is 0 Å². The van der Waals surface area contributed by atoms with Crippen molar-refractivity contribution in [3.8, 4) is 12.3 Å². The first-order chi connectivity index (χ1) is 5.81. The third-order valence-electron chi connectivity index (χ3n) is 1.76. The van der Waals surface area contributed by atoms with E-state index in [4.69, 9.17) is 11.2 Å². The number of hydrogen-bond acceptors (Lipinski definition) is 2. The second kappa shape index (κ2) is 8.58. The minimum Gasteiger partial charge on any atom is -0.380 e. The number of terminal acetylenes is 1. The summed E-state index contributed by atoms with van der Waals surface area (Å²) in [7, 11) is 1.73. The summed E-state index contributed by atoms with van der Waals surface area (Å²) < 4.78 is 5.08. The lowest BCUT2D eigenvalue weighted by Crippen LogP contribution is -2.26. The van der Waals surface area contributed by atoms with Gasteiger partial charge in [0.25, 0.3) is 0 Å². The lowest BCUT2D eigenvalue weighted by Gasteiger charge is -2.09. The largest absolute Gasteiger partial charge is 0.380 e. The Hall–Kier alpha value is -0.520. The van der Waals surface area contributed by atoms with E-state index in [1.54, 1.807) is 7.11 Å². The highest BCUT2D eigenvalue weighted by atomic mass is 16.5. The fourth-order valence-electron chi connectivity index (χ4n) is 0.866. The zero-order chi connectivity index (χ0) is 9.23. The molecule has 0 rings (SSSR count). The van der Waals surface area contributed by atoms with E-state index in [9.17, 15) is 0 Å². The second-order valence-electron chi connectivity index (χ2n) is 2.91. The normalized spacial score (nSPS) is 12.4. The maximum absolute atomic E-state index is 5.12. The Kier molecular flexibility index (Phi) is 8.20. The summed E-state index contributed by atoms with van der Waals surface area (Å²) in [4.78, 5) is 0. The fraction of sp³-hybridized carbons (Fsp3) is 0.800. The standard InChI is InChI=1S/C10H19NO/c1-4-5-6-7-8-11-9-10(2)12-3/h1,10-11H,5-9H2,2-3H3. The summed E-state index contributed by atoms with van der Waals surface area (Å²) >= 11 is 0. The van der Waals surface area contributed by atoms with E-state index in [0.29, 0.717) is 6.10 Å². The monoisotopic (exact) mass is 169 g/mol. The van der Waals surface area contributed by atoms with Gasteiger partial charge in [-0.25, -0.2) is 0 Å². The highest BCUT2D eigenvalue weighted by Gasteiger charge is 1.96. The molecule has 12 heavy (non-hydrogen) atoms. The topological polar surface area (TPSA) is 21.3 Å². The van der Waals surface area contributed by atoms with Crippen LogP contribution in [0.15, 0.2) is 0 Å². The van der Waals surface area contributed by atoms with Crippen LogP contribution in [0.5, 0.6) is 0 Å². The van der Waals surface area contributed by atoms with E-state index < -0.39 is 0 Å². The molecule has 0 saturated carbocycles. The van der Waals surface area contributed by atoms with Crippen molar-refractivity contribution in [2.45, 2.75) is 32.3 Å². The number of methoxy groups -OCH3 is 1. The maximum atomic E-state index is 5.12. The zero-order valence-electron chi connectivity index (χ0n) is 8.10. The quantitative estimate of drug-likeness (QED) is 0.459. The molecule has 1 N–H and O–H groups in total. The first-order valence-electron chi connectivity index (χ1n) is 4.48. The number of ether oxygens (including phenoxy) is 1. The Morgan fingerprint density at radius 2 is 2.25 bits per heavy atom. The van der Waals surface area contributed by atoms with Crippen LogP contribution in [0.25, 0.3) is 0 Å². The van der Waals surface area contributed by atoms with Crippen molar-refractivity contribution in [3.05, 3.63) is 0 Å². The van der Waals surface area contributed by atoms with Crippen molar-refractivity contribution < 1.29 is 4.74 Å². The number of rotatable bonds is 7. The van der Waals surface area contributed by atoms with Gasteiger partial charge < -0.3 is 10.1 Å². The molecule has 0 heterocycles. The SMILES string of the molecule is C#CCCCCNCC(C)OC. The van der Waals surface area contributed by atoms with Gasteiger partial charge in [-0.05, 0) is 26.3 Å². The first-order valence-corrected chi connectivity index (χ1v) is 4.48. The van der Waals surface area contributed by atoms with Crippen molar-refractivity contribution in [2.24, 2.45) is 0 Å². The zero-order valence-corrected chi connectivity index (χ0v) is 8.10. The predicted octanol–water partition coefficient (Wildman–Crippen LogP) is 1.41. The lowest BCUT2D eigenvalue weighted by atomic mass is 10.2. The second-order valence-corrected chi connectivity index (χ2v) is 2.91. The molecule has 1 atom stereocenters. The summed E-state index contributed by atoms with van der Waals surface area (Å²) in [6.07, 6.45) is 8.59. The first kappa shape index (κ1) is 11.5. The number of unbranched alkanes of at least 4 members (excludes halogenated alkanes) is 2. The van der Waals surface area contributed by atoms with Gasteiger partial charge in [0.05, 0.1) is 6.10 Å². The average Bonchev–Trinajstić information content (AvgIpc) is 2.10. The molecule has 0 radical (unpaired) electrons. The summed E-state index contributed by atoms with van der Waals surface area (Å²) in [5, 5.41) is 3.30. The van der Waals surface area contributed by atoms with Gasteiger partial charge in [0.1, 0.15) is 0 Å². The summed E-state index contributed by atoms with van der Waals surface area (Å²) in [5.41, 5.74) is 0. The number of hydrogen-bond donors (Lipinski definition) is 1. The van der Waals surface area contributed by atoms with E-state index in [1.807, 2.05) is 0 Å². The molecule has 0 aromatic carbocycles. The predicted molar refractivity (Wildman–Crippen MR) is 52.0 cm³/mol. The molecule has 1 unspecified atom stereocenters. The van der Waals surface area contributed by atoms with Crippen molar-refractivity contribution in [1.82, 2.24) is 5.32 Å². The summed E-state index contributed by atoms with van der Waals surface area (Å²) in [6.45, 7) is 4.01. The van der Waals surface area contributed by atoms with Gasteiger partial charge in [-0.2, -0.15) is 0 Å². The smallest absolute Gasteiger partial charge is 0.0667 e. The molecule has 0 aliphatic heterocycles. The third kappa shape index (κ3) is 7.59. The van der Waals surface area contributed by atoms with E-state index in [2.05, 4.69) is 18.2 Å². The minimum absolute atomic E-state index is 0.303. The number of nitrogens with one attached hydrogen (secondary N) is 1. The van der Waals surface area contributed by atoms with Gasteiger partial charge in [0, 0.05) is 20.1 Å². The van der Waals surface area contributed by atoms with Crippen molar-refractivity contribution >= 4 is 0 Å². The van der Waals surface area contributed by atoms with Crippen LogP contribution in [0, 0.1) is 12.3 Å². The van der Waals surface area contributed by atoms with Crippen molar-refractivity contribution in [2.75, 3.05) is 20.2 Å². The molecule has 0 fully saturated rings. The van der Waals surface area contributed by atoms with Crippen LogP contribution >= 0.6 is 0 Å². The molecule has 0 spiro atoms. The maximum Gasteiger partial charge on any atom is 0.0667 e. The van der Waals surface area contributed by atoms with Gasteiger partial charge >= 0.3 is 0 Å². The molecular weight excluding hydrogens is 150 g/mol. The Balaban J connectivity index is 2.96. The van der Waals surface area contributed by atoms with Gasteiger partial charge in [-0.3, -0.25) is 0 Å². The Morgan fingerprint density at radius 1 is 1.50 bits per heavy atom. The molecule has 0 amide bonds. The summed E-state index contributed by atoms with van der Waals surface area (Å²) in [5.74, 6) is 2.63. The van der Waals surface area contributed by atoms with Crippen LogP contribution < -0.4 is 5.32 Å². The Bertz CT molecular complexity index is 128. The molecule has 0 aromatic heterocycles. The Labute approximate surface area is 75.7 Å². The van der Waals surface area contributed by atoms with Crippen LogP contribution in [0.2, 0.25) is 0 Å². The van der Waals surface area contributed by atoms with Gasteiger partial charge in [-0.1, -0.05) is 0 Å². The molecule has 2 nitrogen and oxygen atoms in total. The highest BCUT2D eigenvalue weighted by molar-refractivity contribution is 4.82. The van der Waals surface area contributed by atoms with E-state index in [-0.39, 0.29) is 0 Å². The van der Waals surface area contributed by atoms with Crippen LogP contribution in [-0.4, -0.2) is 26.3 Å². The minimum atomic E-state index is 0.303. The molecule has 70 valence electrons. The van der Waals surface area contributed by atoms with Crippen molar-refractivity contribution in [3.63, 3.8) is 0 Å².